The van der Waals surface area contributed by atoms with Gasteiger partial charge in [0.25, 0.3) is 0 Å². The van der Waals surface area contributed by atoms with Crippen molar-refractivity contribution < 1.29 is 22.6 Å². The zero-order chi connectivity index (χ0) is 22.8. The third-order valence-electron chi connectivity index (χ3n) is 4.67. The van der Waals surface area contributed by atoms with Crippen molar-refractivity contribution in [2.75, 3.05) is 11.9 Å². The molecule has 1 N–H and O–H groups in total. The lowest BCUT2D eigenvalue weighted by Gasteiger charge is -2.15. The van der Waals surface area contributed by atoms with Gasteiger partial charge in [-0.2, -0.15) is 18.2 Å². The van der Waals surface area contributed by atoms with Crippen molar-refractivity contribution >= 4 is 11.5 Å². The fraction of sp³-hybridized carbons (Fsp3) is 0.333. The van der Waals surface area contributed by atoms with Crippen LogP contribution in [-0.4, -0.2) is 16.6 Å². The van der Waals surface area contributed by atoms with Crippen molar-refractivity contribution in [2.24, 2.45) is 0 Å². The summed E-state index contributed by atoms with van der Waals surface area (Å²) in [5, 5.41) is 2.72. The molecule has 0 spiro atoms. The quantitative estimate of drug-likeness (QED) is 0.330. The number of unbranched alkanes of at least 4 members (excludes halogenated alkanes) is 3. The highest BCUT2D eigenvalue weighted by molar-refractivity contribution is 5.60. The Kier molecular flexibility index (Phi) is 8.30. The summed E-state index contributed by atoms with van der Waals surface area (Å²) in [6, 6.07) is 15.8. The Labute approximate surface area is 185 Å². The molecule has 0 saturated heterocycles. The largest absolute Gasteiger partial charge is 0.494 e. The number of alkyl halides is 3. The molecule has 3 rings (SSSR count). The van der Waals surface area contributed by atoms with Crippen molar-refractivity contribution in [1.82, 2.24) is 9.97 Å². The van der Waals surface area contributed by atoms with Gasteiger partial charge in [0.05, 0.1) is 6.61 Å². The third kappa shape index (κ3) is 7.14. The van der Waals surface area contributed by atoms with E-state index >= 15 is 0 Å². The van der Waals surface area contributed by atoms with Crippen LogP contribution in [0.3, 0.4) is 0 Å². The van der Waals surface area contributed by atoms with Crippen LogP contribution >= 0.6 is 0 Å². The molecule has 0 atom stereocenters. The molecular formula is C24H26F3N3O2. The smallest absolute Gasteiger partial charge is 0.421 e. The van der Waals surface area contributed by atoms with Crippen LogP contribution in [0.25, 0.3) is 0 Å². The molecular weight excluding hydrogens is 419 g/mol. The van der Waals surface area contributed by atoms with Crippen LogP contribution in [0.1, 0.15) is 43.7 Å². The van der Waals surface area contributed by atoms with Gasteiger partial charge in [0.2, 0.25) is 0 Å². The van der Waals surface area contributed by atoms with Gasteiger partial charge in [-0.25, -0.2) is 4.98 Å². The van der Waals surface area contributed by atoms with E-state index in [0.29, 0.717) is 18.0 Å². The van der Waals surface area contributed by atoms with E-state index < -0.39 is 11.7 Å². The fourth-order valence-electron chi connectivity index (χ4n) is 2.95. The van der Waals surface area contributed by atoms with Crippen molar-refractivity contribution in [3.8, 4) is 11.8 Å². The van der Waals surface area contributed by atoms with Gasteiger partial charge >= 0.3 is 12.2 Å². The van der Waals surface area contributed by atoms with Gasteiger partial charge in [0.15, 0.2) is 0 Å². The second kappa shape index (κ2) is 11.4. The molecule has 0 aliphatic heterocycles. The lowest BCUT2D eigenvalue weighted by molar-refractivity contribution is -0.137. The normalized spacial score (nSPS) is 11.2. The van der Waals surface area contributed by atoms with Crippen LogP contribution in [0.2, 0.25) is 0 Å². The van der Waals surface area contributed by atoms with Crippen LogP contribution in [0.15, 0.2) is 60.8 Å². The first kappa shape index (κ1) is 23.4. The highest BCUT2D eigenvalue weighted by atomic mass is 19.4. The predicted molar refractivity (Wildman–Crippen MR) is 117 cm³/mol. The van der Waals surface area contributed by atoms with E-state index in [1.54, 1.807) is 24.3 Å². The lowest BCUT2D eigenvalue weighted by atomic mass is 10.2. The Hall–Kier alpha value is -3.29. The summed E-state index contributed by atoms with van der Waals surface area (Å²) in [5.74, 6) is 0.293. The second-order valence-corrected chi connectivity index (χ2v) is 7.25. The standard InChI is InChI=1S/C24H26F3N3O2/c1-2-3-4-8-15-31-20-13-11-19(12-14-20)29-22-21(24(25,26)27)16-28-23(30-22)32-17-18-9-6-5-7-10-18/h5-7,9-14,16H,2-4,8,15,17H2,1H3,(H,28,29,30). The Bertz CT molecular complexity index is 964. The first-order valence-corrected chi connectivity index (χ1v) is 10.6. The maximum atomic E-state index is 13.4. The van der Waals surface area contributed by atoms with Gasteiger partial charge in [-0.3, -0.25) is 0 Å². The first-order valence-electron chi connectivity index (χ1n) is 10.6. The number of aromatic nitrogens is 2. The van der Waals surface area contributed by atoms with E-state index in [-0.39, 0.29) is 18.4 Å². The van der Waals surface area contributed by atoms with Crippen LogP contribution < -0.4 is 14.8 Å². The zero-order valence-corrected chi connectivity index (χ0v) is 17.9. The van der Waals surface area contributed by atoms with E-state index in [1.807, 2.05) is 30.3 Å². The minimum Gasteiger partial charge on any atom is -0.494 e. The number of benzene rings is 2. The minimum absolute atomic E-state index is 0.142. The Morgan fingerprint density at radius 2 is 1.66 bits per heavy atom. The number of hydrogen-bond donors (Lipinski definition) is 1. The van der Waals surface area contributed by atoms with E-state index in [1.165, 1.54) is 6.42 Å². The molecule has 2 aromatic carbocycles. The van der Waals surface area contributed by atoms with Crippen molar-refractivity contribution in [2.45, 2.75) is 45.4 Å². The van der Waals surface area contributed by atoms with E-state index in [9.17, 15) is 13.2 Å². The van der Waals surface area contributed by atoms with Gasteiger partial charge in [-0.15, -0.1) is 0 Å². The molecule has 1 heterocycles. The van der Waals surface area contributed by atoms with E-state index in [0.717, 1.165) is 31.0 Å². The van der Waals surface area contributed by atoms with Gasteiger partial charge in [-0.05, 0) is 36.2 Å². The summed E-state index contributed by atoms with van der Waals surface area (Å²) in [6.45, 7) is 2.90. The van der Waals surface area contributed by atoms with Crippen molar-refractivity contribution in [3.63, 3.8) is 0 Å². The summed E-state index contributed by atoms with van der Waals surface area (Å²) >= 11 is 0. The van der Waals surface area contributed by atoms with Crippen LogP contribution in [-0.2, 0) is 12.8 Å². The number of nitrogens with one attached hydrogen (secondary N) is 1. The van der Waals surface area contributed by atoms with Gasteiger partial charge in [-0.1, -0.05) is 56.5 Å². The average Bonchev–Trinajstić information content (AvgIpc) is 2.79. The summed E-state index contributed by atoms with van der Waals surface area (Å²) in [6.07, 6.45) is 0.519. The first-order chi connectivity index (χ1) is 15.5. The van der Waals surface area contributed by atoms with Crippen LogP contribution in [0.5, 0.6) is 11.8 Å². The molecule has 0 bridgehead atoms. The molecule has 170 valence electrons. The molecule has 5 nitrogen and oxygen atoms in total. The third-order valence-corrected chi connectivity index (χ3v) is 4.67. The SMILES string of the molecule is CCCCCCOc1ccc(Nc2nc(OCc3ccccc3)ncc2C(F)(F)F)cc1. The molecule has 0 aliphatic carbocycles. The van der Waals surface area contributed by atoms with Crippen LogP contribution in [0.4, 0.5) is 24.7 Å². The lowest BCUT2D eigenvalue weighted by Crippen LogP contribution is -2.12. The molecule has 0 saturated carbocycles. The van der Waals surface area contributed by atoms with E-state index in [2.05, 4.69) is 22.2 Å². The van der Waals surface area contributed by atoms with Gasteiger partial charge in [0, 0.05) is 11.9 Å². The van der Waals surface area contributed by atoms with Crippen LogP contribution in [0, 0.1) is 0 Å². The van der Waals surface area contributed by atoms with Crippen molar-refractivity contribution in [3.05, 3.63) is 71.9 Å². The number of ether oxygens (including phenoxy) is 2. The number of halogens is 3. The highest BCUT2D eigenvalue weighted by Gasteiger charge is 2.35. The molecule has 0 unspecified atom stereocenters. The molecule has 32 heavy (non-hydrogen) atoms. The monoisotopic (exact) mass is 445 g/mol. The maximum absolute atomic E-state index is 13.4. The Morgan fingerprint density at radius 3 is 2.34 bits per heavy atom. The topological polar surface area (TPSA) is 56.3 Å². The average molecular weight is 445 g/mol. The van der Waals surface area contributed by atoms with Gasteiger partial charge < -0.3 is 14.8 Å². The molecule has 0 radical (unpaired) electrons. The fourth-order valence-corrected chi connectivity index (χ4v) is 2.95. The predicted octanol–water partition coefficient (Wildman–Crippen LogP) is 6.78. The molecule has 0 fully saturated rings. The number of anilines is 2. The summed E-state index contributed by atoms with van der Waals surface area (Å²) in [7, 11) is 0. The van der Waals surface area contributed by atoms with Gasteiger partial charge in [0.1, 0.15) is 23.7 Å². The maximum Gasteiger partial charge on any atom is 0.421 e. The Balaban J connectivity index is 1.67. The molecule has 0 amide bonds. The molecule has 1 aromatic heterocycles. The number of hydrogen-bond acceptors (Lipinski definition) is 5. The summed E-state index contributed by atoms with van der Waals surface area (Å²) < 4.78 is 51.5. The molecule has 0 aliphatic rings. The number of nitrogens with zero attached hydrogens (tertiary/aromatic N) is 2. The summed E-state index contributed by atoms with van der Waals surface area (Å²) in [5.41, 5.74) is 0.332. The summed E-state index contributed by atoms with van der Waals surface area (Å²) in [4.78, 5) is 7.67. The highest BCUT2D eigenvalue weighted by Crippen LogP contribution is 2.35. The number of rotatable bonds is 11. The van der Waals surface area contributed by atoms with Crippen molar-refractivity contribution in [1.29, 1.82) is 0 Å². The zero-order valence-electron chi connectivity index (χ0n) is 17.9. The minimum atomic E-state index is -4.61. The van der Waals surface area contributed by atoms with E-state index in [4.69, 9.17) is 9.47 Å². The molecule has 3 aromatic rings. The Morgan fingerprint density at radius 1 is 0.906 bits per heavy atom. The molecule has 8 heteroatoms. The second-order valence-electron chi connectivity index (χ2n) is 7.25.